The summed E-state index contributed by atoms with van der Waals surface area (Å²) in [7, 11) is 0. The Labute approximate surface area is 95.3 Å². The van der Waals surface area contributed by atoms with E-state index >= 15 is 0 Å². The van der Waals surface area contributed by atoms with Crippen LogP contribution in [0.3, 0.4) is 0 Å². The van der Waals surface area contributed by atoms with Crippen LogP contribution in [-0.2, 0) is 0 Å². The van der Waals surface area contributed by atoms with Crippen LogP contribution >= 0.6 is 11.8 Å². The highest BCUT2D eigenvalue weighted by molar-refractivity contribution is 7.99. The van der Waals surface area contributed by atoms with E-state index in [4.69, 9.17) is 5.11 Å². The van der Waals surface area contributed by atoms with Crippen LogP contribution in [0, 0.1) is 0 Å². The van der Waals surface area contributed by atoms with Crippen LogP contribution in [0.1, 0.15) is 25.5 Å². The molecule has 0 saturated carbocycles. The summed E-state index contributed by atoms with van der Waals surface area (Å²) in [6.45, 7) is 5.38. The van der Waals surface area contributed by atoms with E-state index in [2.05, 4.69) is 30.2 Å². The topological polar surface area (TPSA) is 45.1 Å². The molecule has 0 saturated heterocycles. The maximum Gasteiger partial charge on any atom is 0.0960 e. The van der Waals surface area contributed by atoms with Gasteiger partial charge in [0.15, 0.2) is 0 Å². The van der Waals surface area contributed by atoms with Crippen molar-refractivity contribution in [2.45, 2.75) is 24.9 Å². The van der Waals surface area contributed by atoms with Gasteiger partial charge in [-0.05, 0) is 25.1 Å². The first-order valence-electron chi connectivity index (χ1n) is 5.21. The van der Waals surface area contributed by atoms with E-state index in [1.54, 1.807) is 11.8 Å². The number of thioether (sulfide) groups is 1. The third-order valence-corrected chi connectivity index (χ3v) is 3.03. The van der Waals surface area contributed by atoms with Gasteiger partial charge in [0.1, 0.15) is 0 Å². The van der Waals surface area contributed by atoms with Crippen LogP contribution < -0.4 is 5.32 Å². The van der Waals surface area contributed by atoms with Crippen molar-refractivity contribution in [2.24, 2.45) is 0 Å². The lowest BCUT2D eigenvalue weighted by molar-refractivity contribution is 0.322. The van der Waals surface area contributed by atoms with Gasteiger partial charge in [-0.15, -0.1) is 11.8 Å². The maximum atomic E-state index is 8.68. The van der Waals surface area contributed by atoms with Gasteiger partial charge in [0, 0.05) is 18.0 Å². The van der Waals surface area contributed by atoms with Crippen molar-refractivity contribution in [3.63, 3.8) is 0 Å². The Kier molecular flexibility index (Phi) is 5.68. The quantitative estimate of drug-likeness (QED) is 0.727. The number of aliphatic hydroxyl groups excluding tert-OH is 1. The minimum Gasteiger partial charge on any atom is -0.396 e. The molecule has 0 fully saturated rings. The largest absolute Gasteiger partial charge is 0.396 e. The summed E-state index contributed by atoms with van der Waals surface area (Å²) in [6.07, 6.45) is 1.90. The van der Waals surface area contributed by atoms with Crippen molar-refractivity contribution in [1.29, 1.82) is 0 Å². The molecule has 0 radical (unpaired) electrons. The second-order valence-electron chi connectivity index (χ2n) is 3.28. The molecule has 1 aromatic heterocycles. The average Bonchev–Trinajstić information content (AvgIpc) is 2.27. The van der Waals surface area contributed by atoms with Crippen molar-refractivity contribution in [2.75, 3.05) is 18.9 Å². The summed E-state index contributed by atoms with van der Waals surface area (Å²) in [4.78, 5) is 4.33. The zero-order chi connectivity index (χ0) is 11.1. The molecule has 0 spiro atoms. The number of nitrogens with one attached hydrogen (secondary N) is 1. The molecule has 0 amide bonds. The molecule has 1 unspecified atom stereocenters. The van der Waals surface area contributed by atoms with Crippen molar-refractivity contribution in [3.05, 3.63) is 23.9 Å². The molecule has 3 nitrogen and oxygen atoms in total. The molecule has 0 aliphatic heterocycles. The van der Waals surface area contributed by atoms with Crippen molar-refractivity contribution in [1.82, 2.24) is 10.3 Å². The highest BCUT2D eigenvalue weighted by Gasteiger charge is 2.03. The predicted octanol–water partition coefficient (Wildman–Crippen LogP) is 1.84. The fourth-order valence-electron chi connectivity index (χ4n) is 1.31. The van der Waals surface area contributed by atoms with Gasteiger partial charge in [0.25, 0.3) is 0 Å². The first-order valence-corrected chi connectivity index (χ1v) is 6.19. The van der Waals surface area contributed by atoms with E-state index in [0.717, 1.165) is 11.6 Å². The molecule has 1 heterocycles. The standard InChI is InChI=1S/C11H18N2OS/c1-3-12-9(2)10-4-5-11(13-8-10)15-7-6-14/h4-5,8-9,12,14H,3,6-7H2,1-2H3. The van der Waals surface area contributed by atoms with Crippen LogP contribution in [0.4, 0.5) is 0 Å². The summed E-state index contributed by atoms with van der Waals surface area (Å²) < 4.78 is 0. The normalized spacial score (nSPS) is 12.7. The Morgan fingerprint density at radius 2 is 2.33 bits per heavy atom. The molecule has 0 bridgehead atoms. The highest BCUT2D eigenvalue weighted by atomic mass is 32.2. The summed E-state index contributed by atoms with van der Waals surface area (Å²) in [6, 6.07) is 4.43. The van der Waals surface area contributed by atoms with Crippen LogP contribution in [-0.4, -0.2) is 29.0 Å². The zero-order valence-electron chi connectivity index (χ0n) is 9.23. The van der Waals surface area contributed by atoms with E-state index in [1.165, 1.54) is 5.56 Å². The summed E-state index contributed by atoms with van der Waals surface area (Å²) in [5, 5.41) is 13.0. The van der Waals surface area contributed by atoms with Crippen molar-refractivity contribution >= 4 is 11.8 Å². The van der Waals surface area contributed by atoms with E-state index in [9.17, 15) is 0 Å². The fourth-order valence-corrected chi connectivity index (χ4v) is 1.90. The Morgan fingerprint density at radius 3 is 2.87 bits per heavy atom. The van der Waals surface area contributed by atoms with E-state index in [1.807, 2.05) is 12.3 Å². The number of aromatic nitrogens is 1. The minimum atomic E-state index is 0.196. The molecule has 1 aromatic rings. The van der Waals surface area contributed by atoms with Gasteiger partial charge in [0.05, 0.1) is 11.6 Å². The lowest BCUT2D eigenvalue weighted by Gasteiger charge is -2.12. The van der Waals surface area contributed by atoms with Crippen molar-refractivity contribution < 1.29 is 5.11 Å². The molecule has 0 aromatic carbocycles. The number of aliphatic hydroxyl groups is 1. The molecular weight excluding hydrogens is 208 g/mol. The smallest absolute Gasteiger partial charge is 0.0960 e. The molecular formula is C11H18N2OS. The number of pyridine rings is 1. The van der Waals surface area contributed by atoms with E-state index in [0.29, 0.717) is 11.8 Å². The zero-order valence-corrected chi connectivity index (χ0v) is 10.0. The van der Waals surface area contributed by atoms with Crippen LogP contribution in [0.2, 0.25) is 0 Å². The molecule has 15 heavy (non-hydrogen) atoms. The Bertz CT molecular complexity index is 276. The van der Waals surface area contributed by atoms with Crippen LogP contribution in [0.5, 0.6) is 0 Å². The Hall–Kier alpha value is -0.580. The molecule has 0 aliphatic rings. The second-order valence-corrected chi connectivity index (χ2v) is 4.40. The van der Waals surface area contributed by atoms with Crippen molar-refractivity contribution in [3.8, 4) is 0 Å². The van der Waals surface area contributed by atoms with Gasteiger partial charge in [-0.25, -0.2) is 4.98 Å². The number of hydrogen-bond acceptors (Lipinski definition) is 4. The molecule has 2 N–H and O–H groups in total. The SMILES string of the molecule is CCNC(C)c1ccc(SCCO)nc1. The van der Waals surface area contributed by atoms with Crippen LogP contribution in [0.15, 0.2) is 23.4 Å². The molecule has 4 heteroatoms. The monoisotopic (exact) mass is 226 g/mol. The van der Waals surface area contributed by atoms with E-state index in [-0.39, 0.29) is 6.61 Å². The minimum absolute atomic E-state index is 0.196. The lowest BCUT2D eigenvalue weighted by atomic mass is 10.1. The van der Waals surface area contributed by atoms with E-state index < -0.39 is 0 Å². The summed E-state index contributed by atoms with van der Waals surface area (Å²) in [5.41, 5.74) is 1.20. The second kappa shape index (κ2) is 6.82. The number of hydrogen-bond donors (Lipinski definition) is 2. The average molecular weight is 226 g/mol. The number of nitrogens with zero attached hydrogens (tertiary/aromatic N) is 1. The fraction of sp³-hybridized carbons (Fsp3) is 0.545. The van der Waals surface area contributed by atoms with Gasteiger partial charge in [-0.1, -0.05) is 13.0 Å². The highest BCUT2D eigenvalue weighted by Crippen LogP contribution is 2.17. The molecule has 1 rings (SSSR count). The van der Waals surface area contributed by atoms with Gasteiger partial charge in [0.2, 0.25) is 0 Å². The molecule has 84 valence electrons. The van der Waals surface area contributed by atoms with Crippen LogP contribution in [0.25, 0.3) is 0 Å². The summed E-state index contributed by atoms with van der Waals surface area (Å²) >= 11 is 1.57. The third-order valence-electron chi connectivity index (χ3n) is 2.11. The molecule has 0 aliphatic carbocycles. The number of rotatable bonds is 6. The Morgan fingerprint density at radius 1 is 1.53 bits per heavy atom. The molecule has 1 atom stereocenters. The Balaban J connectivity index is 2.55. The first-order chi connectivity index (χ1) is 7.27. The first kappa shape index (κ1) is 12.5. The van der Waals surface area contributed by atoms with Gasteiger partial charge in [-0.2, -0.15) is 0 Å². The van der Waals surface area contributed by atoms with Gasteiger partial charge >= 0.3 is 0 Å². The predicted molar refractivity (Wildman–Crippen MR) is 64.1 cm³/mol. The van der Waals surface area contributed by atoms with Gasteiger partial charge < -0.3 is 10.4 Å². The maximum absolute atomic E-state index is 8.68. The third kappa shape index (κ3) is 4.20. The lowest BCUT2D eigenvalue weighted by Crippen LogP contribution is -2.17. The summed E-state index contributed by atoms with van der Waals surface area (Å²) in [5.74, 6) is 0.703. The van der Waals surface area contributed by atoms with Gasteiger partial charge in [-0.3, -0.25) is 0 Å².